The molecule has 1 aliphatic rings. The van der Waals surface area contributed by atoms with Gasteiger partial charge in [0.05, 0.1) is 10.0 Å². The van der Waals surface area contributed by atoms with Crippen molar-refractivity contribution >= 4 is 27.7 Å². The molecular formula is C14H17BrN2O3. The number of rotatable bonds is 2. The number of phenolic OH excluding ortho intramolecular Hbond substituents is 1. The number of para-hydroxylation sites is 1. The van der Waals surface area contributed by atoms with Crippen molar-refractivity contribution in [1.29, 1.82) is 0 Å². The van der Waals surface area contributed by atoms with Crippen molar-refractivity contribution in [2.45, 2.75) is 25.8 Å². The fourth-order valence-corrected chi connectivity index (χ4v) is 2.67. The van der Waals surface area contributed by atoms with E-state index in [4.69, 9.17) is 0 Å². The molecule has 0 atom stereocenters. The largest absolute Gasteiger partial charge is 0.506 e. The molecule has 6 heteroatoms. The normalized spacial score (nSPS) is 16.0. The molecule has 0 bridgehead atoms. The number of nitrogens with one attached hydrogen (secondary N) is 1. The molecule has 2 rings (SSSR count). The van der Waals surface area contributed by atoms with Gasteiger partial charge < -0.3 is 15.3 Å². The van der Waals surface area contributed by atoms with E-state index in [-0.39, 0.29) is 29.2 Å². The fraction of sp³-hybridized carbons (Fsp3) is 0.429. The van der Waals surface area contributed by atoms with E-state index in [2.05, 4.69) is 21.2 Å². The zero-order valence-electron chi connectivity index (χ0n) is 11.2. The summed E-state index contributed by atoms with van der Waals surface area (Å²) in [4.78, 5) is 25.1. The summed E-state index contributed by atoms with van der Waals surface area (Å²) in [7, 11) is 0. The highest BCUT2D eigenvalue weighted by Crippen LogP contribution is 2.27. The first-order chi connectivity index (χ1) is 9.49. The van der Waals surface area contributed by atoms with Crippen molar-refractivity contribution < 1.29 is 14.7 Å². The molecule has 0 aliphatic carbocycles. The Bertz CT molecular complexity index is 525. The van der Waals surface area contributed by atoms with Gasteiger partial charge in [-0.05, 0) is 40.9 Å². The van der Waals surface area contributed by atoms with Crippen LogP contribution in [0.5, 0.6) is 5.75 Å². The second-order valence-corrected chi connectivity index (χ2v) is 5.74. The van der Waals surface area contributed by atoms with Gasteiger partial charge in [-0.1, -0.05) is 6.07 Å². The van der Waals surface area contributed by atoms with Crippen molar-refractivity contribution in [3.05, 3.63) is 28.2 Å². The zero-order valence-corrected chi connectivity index (χ0v) is 12.8. The lowest BCUT2D eigenvalue weighted by Gasteiger charge is -2.31. The van der Waals surface area contributed by atoms with Crippen molar-refractivity contribution in [1.82, 2.24) is 10.2 Å². The van der Waals surface area contributed by atoms with Crippen LogP contribution in [0.1, 0.15) is 30.1 Å². The molecule has 0 aromatic heterocycles. The van der Waals surface area contributed by atoms with Crippen LogP contribution >= 0.6 is 15.9 Å². The summed E-state index contributed by atoms with van der Waals surface area (Å²) in [6.45, 7) is 2.87. The molecule has 1 heterocycles. The Balaban J connectivity index is 1.96. The van der Waals surface area contributed by atoms with Gasteiger partial charge in [0.15, 0.2) is 0 Å². The first kappa shape index (κ1) is 14.8. The molecule has 0 saturated carbocycles. The average Bonchev–Trinajstić information content (AvgIpc) is 2.42. The van der Waals surface area contributed by atoms with Gasteiger partial charge in [0.25, 0.3) is 5.91 Å². The molecule has 2 N–H and O–H groups in total. The fourth-order valence-electron chi connectivity index (χ4n) is 2.30. The number of halogens is 1. The Labute approximate surface area is 126 Å². The quantitative estimate of drug-likeness (QED) is 0.863. The molecule has 1 aliphatic heterocycles. The molecule has 5 nitrogen and oxygen atoms in total. The van der Waals surface area contributed by atoms with Crippen LogP contribution in [-0.2, 0) is 4.79 Å². The van der Waals surface area contributed by atoms with Gasteiger partial charge in [0.2, 0.25) is 5.91 Å². The van der Waals surface area contributed by atoms with Crippen LogP contribution in [0, 0.1) is 0 Å². The smallest absolute Gasteiger partial charge is 0.255 e. The monoisotopic (exact) mass is 340 g/mol. The third-order valence-electron chi connectivity index (χ3n) is 3.51. The molecule has 1 aromatic rings. The molecule has 1 aromatic carbocycles. The maximum Gasteiger partial charge on any atom is 0.255 e. The summed E-state index contributed by atoms with van der Waals surface area (Å²) in [6, 6.07) is 5.01. The molecule has 108 valence electrons. The van der Waals surface area contributed by atoms with Crippen molar-refractivity contribution in [2.75, 3.05) is 13.1 Å². The van der Waals surface area contributed by atoms with Crippen LogP contribution in [0.3, 0.4) is 0 Å². The number of hydrogen-bond donors (Lipinski definition) is 2. The topological polar surface area (TPSA) is 69.6 Å². The number of nitrogens with zero attached hydrogens (tertiary/aromatic N) is 1. The highest BCUT2D eigenvalue weighted by atomic mass is 79.9. The lowest BCUT2D eigenvalue weighted by Crippen LogP contribution is -2.46. The number of hydrogen-bond acceptors (Lipinski definition) is 3. The van der Waals surface area contributed by atoms with Crippen LogP contribution in [0.4, 0.5) is 0 Å². The van der Waals surface area contributed by atoms with E-state index in [9.17, 15) is 14.7 Å². The highest BCUT2D eigenvalue weighted by Gasteiger charge is 2.23. The minimum atomic E-state index is -0.287. The van der Waals surface area contributed by atoms with Gasteiger partial charge in [0, 0.05) is 26.1 Å². The molecule has 0 spiro atoms. The number of likely N-dealkylation sites (tertiary alicyclic amines) is 1. The molecule has 0 unspecified atom stereocenters. The Morgan fingerprint density at radius 2 is 2.00 bits per heavy atom. The van der Waals surface area contributed by atoms with Crippen molar-refractivity contribution in [2.24, 2.45) is 0 Å². The van der Waals surface area contributed by atoms with Crippen LogP contribution in [0.25, 0.3) is 0 Å². The number of benzene rings is 1. The van der Waals surface area contributed by atoms with Gasteiger partial charge in [-0.3, -0.25) is 9.59 Å². The number of carbonyl (C=O) groups is 2. The van der Waals surface area contributed by atoms with Gasteiger partial charge in [-0.15, -0.1) is 0 Å². The summed E-state index contributed by atoms with van der Waals surface area (Å²) in [5.74, 6) is -0.268. The maximum absolute atomic E-state index is 12.1. The van der Waals surface area contributed by atoms with Gasteiger partial charge >= 0.3 is 0 Å². The summed E-state index contributed by atoms with van der Waals surface area (Å²) in [5.41, 5.74) is 0.258. The molecule has 2 amide bonds. The highest BCUT2D eigenvalue weighted by molar-refractivity contribution is 9.10. The molecule has 1 fully saturated rings. The van der Waals surface area contributed by atoms with Gasteiger partial charge in [0.1, 0.15) is 5.75 Å². The Hall–Kier alpha value is -1.56. The number of phenols is 1. The van der Waals surface area contributed by atoms with E-state index in [1.54, 1.807) is 30.0 Å². The average molecular weight is 341 g/mol. The standard InChI is InChI=1S/C14H17BrN2O3/c1-9(18)17-7-5-10(6-8-17)16-14(20)11-3-2-4-12(15)13(11)19/h2-4,10,19H,5-8H2,1H3,(H,16,20). The Morgan fingerprint density at radius 3 is 2.60 bits per heavy atom. The molecule has 20 heavy (non-hydrogen) atoms. The van der Waals surface area contributed by atoms with Crippen LogP contribution < -0.4 is 5.32 Å². The van der Waals surface area contributed by atoms with E-state index in [0.29, 0.717) is 17.6 Å². The lowest BCUT2D eigenvalue weighted by molar-refractivity contribution is -0.129. The second kappa shape index (κ2) is 6.26. The molecule has 1 saturated heterocycles. The zero-order chi connectivity index (χ0) is 14.7. The first-order valence-electron chi connectivity index (χ1n) is 6.53. The van der Waals surface area contributed by atoms with E-state index in [0.717, 1.165) is 12.8 Å². The SMILES string of the molecule is CC(=O)N1CCC(NC(=O)c2cccc(Br)c2O)CC1. The van der Waals surface area contributed by atoms with Crippen LogP contribution in [0.15, 0.2) is 22.7 Å². The Morgan fingerprint density at radius 1 is 1.35 bits per heavy atom. The summed E-state index contributed by atoms with van der Waals surface area (Å²) >= 11 is 3.19. The van der Waals surface area contributed by atoms with E-state index >= 15 is 0 Å². The van der Waals surface area contributed by atoms with E-state index in [1.807, 2.05) is 0 Å². The number of piperidine rings is 1. The van der Waals surface area contributed by atoms with Crippen LogP contribution in [0.2, 0.25) is 0 Å². The van der Waals surface area contributed by atoms with Crippen molar-refractivity contribution in [3.63, 3.8) is 0 Å². The Kier molecular flexibility index (Phi) is 4.65. The third-order valence-corrected chi connectivity index (χ3v) is 4.15. The predicted molar refractivity (Wildman–Crippen MR) is 78.5 cm³/mol. The third kappa shape index (κ3) is 3.30. The maximum atomic E-state index is 12.1. The summed E-state index contributed by atoms with van der Waals surface area (Å²) in [5, 5.41) is 12.8. The van der Waals surface area contributed by atoms with E-state index in [1.165, 1.54) is 0 Å². The minimum absolute atomic E-state index is 0.0384. The van der Waals surface area contributed by atoms with Gasteiger partial charge in [-0.2, -0.15) is 0 Å². The summed E-state index contributed by atoms with van der Waals surface area (Å²) < 4.78 is 0.497. The molecular weight excluding hydrogens is 324 g/mol. The predicted octanol–water partition coefficient (Wildman–Crippen LogP) is 1.90. The van der Waals surface area contributed by atoms with Gasteiger partial charge in [-0.25, -0.2) is 0 Å². The van der Waals surface area contributed by atoms with E-state index < -0.39 is 0 Å². The second-order valence-electron chi connectivity index (χ2n) is 4.89. The first-order valence-corrected chi connectivity index (χ1v) is 7.32. The number of carbonyl (C=O) groups excluding carboxylic acids is 2. The minimum Gasteiger partial charge on any atom is -0.506 e. The summed E-state index contributed by atoms with van der Waals surface area (Å²) in [6.07, 6.45) is 1.47. The van der Waals surface area contributed by atoms with Crippen LogP contribution in [-0.4, -0.2) is 41.0 Å². The van der Waals surface area contributed by atoms with Crippen molar-refractivity contribution in [3.8, 4) is 5.75 Å². The number of aromatic hydroxyl groups is 1. The molecule has 0 radical (unpaired) electrons. The lowest BCUT2D eigenvalue weighted by atomic mass is 10.0. The number of amides is 2.